The quantitative estimate of drug-likeness (QED) is 0.840. The lowest BCUT2D eigenvalue weighted by atomic mass is 9.79. The Balaban J connectivity index is 1.86. The smallest absolute Gasteiger partial charge is 0.0950 e. The minimum Gasteiger partial charge on any atom is -0.472 e. The van der Waals surface area contributed by atoms with E-state index in [-0.39, 0.29) is 0 Å². The molecule has 2 heteroatoms. The van der Waals surface area contributed by atoms with Crippen molar-refractivity contribution in [2.75, 3.05) is 0 Å². The van der Waals surface area contributed by atoms with Gasteiger partial charge in [-0.25, -0.2) is 0 Å². The molecule has 90 valence electrons. The Bertz CT molecular complexity index is 307. The first-order valence-electron chi connectivity index (χ1n) is 6.45. The summed E-state index contributed by atoms with van der Waals surface area (Å²) in [6.45, 7) is 6.97. The van der Waals surface area contributed by atoms with Crippen molar-refractivity contribution >= 4 is 0 Å². The highest BCUT2D eigenvalue weighted by atomic mass is 16.3. The van der Waals surface area contributed by atoms with Crippen molar-refractivity contribution in [2.24, 2.45) is 11.8 Å². The second-order valence-corrected chi connectivity index (χ2v) is 5.41. The van der Waals surface area contributed by atoms with Gasteiger partial charge < -0.3 is 9.73 Å². The molecule has 0 radical (unpaired) electrons. The van der Waals surface area contributed by atoms with E-state index in [4.69, 9.17) is 4.42 Å². The molecule has 0 amide bonds. The number of hydrogen-bond acceptors (Lipinski definition) is 2. The summed E-state index contributed by atoms with van der Waals surface area (Å²) in [7, 11) is 0. The van der Waals surface area contributed by atoms with E-state index in [2.05, 4.69) is 26.1 Å². The predicted octanol–water partition coefficient (Wildman–Crippen LogP) is 3.75. The van der Waals surface area contributed by atoms with Crippen molar-refractivity contribution in [1.29, 1.82) is 0 Å². The van der Waals surface area contributed by atoms with Crippen molar-refractivity contribution < 1.29 is 4.42 Å². The molecule has 0 bridgehead atoms. The maximum absolute atomic E-state index is 5.12. The molecular formula is C14H23NO. The van der Waals surface area contributed by atoms with Gasteiger partial charge in [0.05, 0.1) is 12.5 Å². The van der Waals surface area contributed by atoms with Crippen molar-refractivity contribution in [2.45, 2.75) is 52.1 Å². The van der Waals surface area contributed by atoms with Crippen LogP contribution in [0.1, 0.15) is 51.6 Å². The fourth-order valence-electron chi connectivity index (χ4n) is 2.67. The Kier molecular flexibility index (Phi) is 3.70. The van der Waals surface area contributed by atoms with E-state index in [1.54, 1.807) is 6.26 Å². The number of furan rings is 1. The highest BCUT2D eigenvalue weighted by molar-refractivity contribution is 5.10. The molecule has 16 heavy (non-hydrogen) atoms. The summed E-state index contributed by atoms with van der Waals surface area (Å²) in [4.78, 5) is 0. The van der Waals surface area contributed by atoms with Gasteiger partial charge in [0.1, 0.15) is 0 Å². The van der Waals surface area contributed by atoms with Crippen LogP contribution < -0.4 is 5.32 Å². The zero-order valence-electron chi connectivity index (χ0n) is 10.6. The van der Waals surface area contributed by atoms with Crippen LogP contribution in [-0.4, -0.2) is 6.04 Å². The van der Waals surface area contributed by atoms with Crippen LogP contribution in [0.4, 0.5) is 0 Å². The third-order valence-electron chi connectivity index (χ3n) is 4.13. The van der Waals surface area contributed by atoms with Crippen LogP contribution in [0.3, 0.4) is 0 Å². The molecule has 1 aliphatic carbocycles. The van der Waals surface area contributed by atoms with E-state index in [1.165, 1.54) is 24.8 Å². The SMILES string of the molecule is CC(NC1CCC(C)C(C)C1)c1ccoc1. The van der Waals surface area contributed by atoms with Crippen LogP contribution in [0.15, 0.2) is 23.0 Å². The zero-order chi connectivity index (χ0) is 11.5. The number of rotatable bonds is 3. The van der Waals surface area contributed by atoms with Gasteiger partial charge in [-0.1, -0.05) is 13.8 Å². The van der Waals surface area contributed by atoms with Gasteiger partial charge in [-0.05, 0) is 44.1 Å². The van der Waals surface area contributed by atoms with E-state index in [9.17, 15) is 0 Å². The van der Waals surface area contributed by atoms with Crippen LogP contribution in [0, 0.1) is 11.8 Å². The van der Waals surface area contributed by atoms with Gasteiger partial charge in [-0.2, -0.15) is 0 Å². The average molecular weight is 221 g/mol. The molecule has 0 spiro atoms. The molecule has 0 aromatic carbocycles. The highest BCUT2D eigenvalue weighted by Crippen LogP contribution is 2.30. The first-order chi connectivity index (χ1) is 7.66. The van der Waals surface area contributed by atoms with Crippen LogP contribution >= 0.6 is 0 Å². The summed E-state index contributed by atoms with van der Waals surface area (Å²) in [5, 5.41) is 3.71. The second-order valence-electron chi connectivity index (χ2n) is 5.41. The molecule has 4 unspecified atom stereocenters. The predicted molar refractivity (Wildman–Crippen MR) is 66.2 cm³/mol. The fraction of sp³-hybridized carbons (Fsp3) is 0.714. The third-order valence-corrected chi connectivity index (χ3v) is 4.13. The first kappa shape index (κ1) is 11.7. The molecule has 1 fully saturated rings. The van der Waals surface area contributed by atoms with Gasteiger partial charge in [0.15, 0.2) is 0 Å². The molecule has 1 N–H and O–H groups in total. The van der Waals surface area contributed by atoms with E-state index in [1.807, 2.05) is 12.3 Å². The van der Waals surface area contributed by atoms with Gasteiger partial charge in [0.25, 0.3) is 0 Å². The number of hydrogen-bond donors (Lipinski definition) is 1. The summed E-state index contributed by atoms with van der Waals surface area (Å²) in [5.41, 5.74) is 1.26. The molecule has 0 aliphatic heterocycles. The van der Waals surface area contributed by atoms with Crippen molar-refractivity contribution in [3.8, 4) is 0 Å². The molecule has 2 nitrogen and oxygen atoms in total. The Labute approximate surface area is 98.4 Å². The largest absolute Gasteiger partial charge is 0.472 e. The number of nitrogens with one attached hydrogen (secondary N) is 1. The fourth-order valence-corrected chi connectivity index (χ4v) is 2.67. The van der Waals surface area contributed by atoms with Gasteiger partial charge in [-0.3, -0.25) is 0 Å². The molecule has 1 saturated carbocycles. The molecule has 4 atom stereocenters. The minimum atomic E-state index is 0.407. The maximum atomic E-state index is 5.12. The van der Waals surface area contributed by atoms with Crippen LogP contribution in [0.2, 0.25) is 0 Å². The lowest BCUT2D eigenvalue weighted by molar-refractivity contribution is 0.217. The normalized spacial score (nSPS) is 32.6. The van der Waals surface area contributed by atoms with Gasteiger partial charge in [-0.15, -0.1) is 0 Å². The van der Waals surface area contributed by atoms with E-state index >= 15 is 0 Å². The third kappa shape index (κ3) is 2.67. The van der Waals surface area contributed by atoms with E-state index in [0.717, 1.165) is 11.8 Å². The monoisotopic (exact) mass is 221 g/mol. The topological polar surface area (TPSA) is 25.2 Å². The van der Waals surface area contributed by atoms with Crippen molar-refractivity contribution in [1.82, 2.24) is 5.32 Å². The summed E-state index contributed by atoms with van der Waals surface area (Å²) in [6, 6.07) is 3.13. The lowest BCUT2D eigenvalue weighted by Gasteiger charge is -2.34. The van der Waals surface area contributed by atoms with Crippen LogP contribution in [-0.2, 0) is 0 Å². The lowest BCUT2D eigenvalue weighted by Crippen LogP contribution is -2.37. The van der Waals surface area contributed by atoms with Crippen LogP contribution in [0.5, 0.6) is 0 Å². The molecule has 1 aliphatic rings. The summed E-state index contributed by atoms with van der Waals surface area (Å²) >= 11 is 0. The molecule has 1 heterocycles. The summed E-state index contributed by atoms with van der Waals surface area (Å²) < 4.78 is 5.12. The van der Waals surface area contributed by atoms with Crippen LogP contribution in [0.25, 0.3) is 0 Å². The summed E-state index contributed by atoms with van der Waals surface area (Å²) in [6.07, 6.45) is 7.57. The van der Waals surface area contributed by atoms with Gasteiger partial charge in [0, 0.05) is 17.6 Å². The first-order valence-corrected chi connectivity index (χ1v) is 6.45. The second kappa shape index (κ2) is 5.05. The Morgan fingerprint density at radius 2 is 2.12 bits per heavy atom. The minimum absolute atomic E-state index is 0.407. The average Bonchev–Trinajstić information content (AvgIpc) is 2.77. The Morgan fingerprint density at radius 1 is 1.31 bits per heavy atom. The standard InChI is InChI=1S/C14H23NO/c1-10-4-5-14(8-11(10)2)15-12(3)13-6-7-16-9-13/h6-7,9-12,14-15H,4-5,8H2,1-3H3. The zero-order valence-corrected chi connectivity index (χ0v) is 10.6. The van der Waals surface area contributed by atoms with Gasteiger partial charge >= 0.3 is 0 Å². The van der Waals surface area contributed by atoms with E-state index < -0.39 is 0 Å². The Hall–Kier alpha value is -0.760. The molecule has 0 saturated heterocycles. The Morgan fingerprint density at radius 3 is 2.75 bits per heavy atom. The molecular weight excluding hydrogens is 198 g/mol. The molecule has 1 aromatic heterocycles. The van der Waals surface area contributed by atoms with Crippen molar-refractivity contribution in [3.63, 3.8) is 0 Å². The summed E-state index contributed by atoms with van der Waals surface area (Å²) in [5.74, 6) is 1.74. The highest BCUT2D eigenvalue weighted by Gasteiger charge is 2.25. The maximum Gasteiger partial charge on any atom is 0.0950 e. The van der Waals surface area contributed by atoms with E-state index in [0.29, 0.717) is 12.1 Å². The molecule has 2 rings (SSSR count). The molecule has 1 aromatic rings. The van der Waals surface area contributed by atoms with Gasteiger partial charge in [0.2, 0.25) is 0 Å². The van der Waals surface area contributed by atoms with Crippen molar-refractivity contribution in [3.05, 3.63) is 24.2 Å².